The van der Waals surface area contributed by atoms with Gasteiger partial charge in [0.25, 0.3) is 0 Å². The van der Waals surface area contributed by atoms with Crippen molar-refractivity contribution in [2.75, 3.05) is 13.1 Å². The smallest absolute Gasteiger partial charge is 0.246 e. The minimum absolute atomic E-state index is 0.121. The molecule has 2 aromatic heterocycles. The van der Waals surface area contributed by atoms with Crippen molar-refractivity contribution in [3.63, 3.8) is 0 Å². The van der Waals surface area contributed by atoms with Gasteiger partial charge >= 0.3 is 0 Å². The molecule has 1 aliphatic heterocycles. The number of nitrogens with one attached hydrogen (secondary N) is 1. The molecule has 1 atom stereocenters. The Labute approximate surface area is 165 Å². The van der Waals surface area contributed by atoms with E-state index in [0.29, 0.717) is 38.2 Å². The van der Waals surface area contributed by atoms with Crippen LogP contribution in [0.2, 0.25) is 0 Å². The van der Waals surface area contributed by atoms with E-state index in [1.807, 2.05) is 27.1 Å². The minimum Gasteiger partial charge on any atom is -0.352 e. The monoisotopic (exact) mass is 408 g/mol. The van der Waals surface area contributed by atoms with Crippen LogP contribution in [0.25, 0.3) is 0 Å². The fraction of sp³-hybridized carbons (Fsp3) is 0.611. The summed E-state index contributed by atoms with van der Waals surface area (Å²) in [4.78, 5) is 12.9. The molecular formula is C18H28N6O3S. The van der Waals surface area contributed by atoms with Crippen molar-refractivity contribution in [1.82, 2.24) is 29.2 Å². The molecule has 0 unspecified atom stereocenters. The first kappa shape index (κ1) is 20.5. The number of sulfonamides is 1. The topological polar surface area (TPSA) is 102 Å². The second-order valence-corrected chi connectivity index (χ2v) is 9.17. The van der Waals surface area contributed by atoms with Gasteiger partial charge in [0.05, 0.1) is 17.3 Å². The van der Waals surface area contributed by atoms with Gasteiger partial charge in [0.15, 0.2) is 0 Å². The van der Waals surface area contributed by atoms with E-state index in [0.717, 1.165) is 11.3 Å². The Morgan fingerprint density at radius 1 is 1.25 bits per heavy atom. The lowest BCUT2D eigenvalue weighted by Gasteiger charge is -2.31. The lowest BCUT2D eigenvalue weighted by atomic mass is 9.99. The van der Waals surface area contributed by atoms with Crippen LogP contribution in [-0.2, 0) is 35.0 Å². The zero-order chi connectivity index (χ0) is 20.5. The van der Waals surface area contributed by atoms with E-state index in [1.165, 1.54) is 4.31 Å². The largest absolute Gasteiger partial charge is 0.352 e. The Morgan fingerprint density at radius 3 is 2.61 bits per heavy atom. The second kappa shape index (κ2) is 8.04. The van der Waals surface area contributed by atoms with E-state index in [9.17, 15) is 13.2 Å². The van der Waals surface area contributed by atoms with Gasteiger partial charge in [0, 0.05) is 51.2 Å². The van der Waals surface area contributed by atoms with Crippen LogP contribution >= 0.6 is 0 Å². The van der Waals surface area contributed by atoms with Gasteiger partial charge in [-0.25, -0.2) is 8.42 Å². The molecule has 0 spiro atoms. The van der Waals surface area contributed by atoms with E-state index >= 15 is 0 Å². The Morgan fingerprint density at radius 2 is 2.00 bits per heavy atom. The van der Waals surface area contributed by atoms with E-state index in [2.05, 4.69) is 15.5 Å². The quantitative estimate of drug-likeness (QED) is 0.767. The van der Waals surface area contributed by atoms with Crippen LogP contribution in [0.1, 0.15) is 36.7 Å². The molecule has 10 heteroatoms. The lowest BCUT2D eigenvalue weighted by Crippen LogP contribution is -2.45. The molecule has 2 aromatic rings. The lowest BCUT2D eigenvalue weighted by molar-refractivity contribution is -0.126. The predicted octanol–water partition coefficient (Wildman–Crippen LogP) is 0.970. The number of hydrogen-bond acceptors (Lipinski definition) is 5. The maximum absolute atomic E-state index is 13.1. The number of carbonyl (C=O) groups is 1. The SMILES string of the molecule is CCn1cc(S(=O)(=O)N2CCC[C@H](C(=O)NCc3cn(C)nc3C)C2)c(C)n1. The molecule has 0 radical (unpaired) electrons. The summed E-state index contributed by atoms with van der Waals surface area (Å²) in [6.07, 6.45) is 4.78. The molecule has 1 fully saturated rings. The molecule has 0 aromatic carbocycles. The summed E-state index contributed by atoms with van der Waals surface area (Å²) in [6, 6.07) is 0. The average molecular weight is 409 g/mol. The number of carbonyl (C=O) groups excluding carboxylic acids is 1. The molecule has 1 N–H and O–H groups in total. The summed E-state index contributed by atoms with van der Waals surface area (Å²) >= 11 is 0. The molecular weight excluding hydrogens is 380 g/mol. The summed E-state index contributed by atoms with van der Waals surface area (Å²) in [5.74, 6) is -0.480. The van der Waals surface area contributed by atoms with Gasteiger partial charge in [-0.05, 0) is 33.6 Å². The third-order valence-electron chi connectivity index (χ3n) is 5.17. The fourth-order valence-corrected chi connectivity index (χ4v) is 5.27. The molecule has 0 aliphatic carbocycles. The first-order valence-corrected chi connectivity index (χ1v) is 11.0. The molecule has 3 rings (SSSR count). The van der Waals surface area contributed by atoms with E-state index in [-0.39, 0.29) is 23.3 Å². The molecule has 0 bridgehead atoms. The standard InChI is InChI=1S/C18H28N6O3S/c1-5-23-12-17(14(3)21-23)28(26,27)24-8-6-7-15(11-24)18(25)19-9-16-10-22(4)20-13(16)2/h10,12,15H,5-9,11H2,1-4H3,(H,19,25)/t15-/m0/s1. The number of aryl methyl sites for hydroxylation is 4. The molecule has 0 saturated carbocycles. The van der Waals surface area contributed by atoms with Crippen molar-refractivity contribution in [2.24, 2.45) is 13.0 Å². The Balaban J connectivity index is 1.68. The Kier molecular flexibility index (Phi) is 5.90. The first-order valence-electron chi connectivity index (χ1n) is 9.53. The van der Waals surface area contributed by atoms with Crippen LogP contribution in [-0.4, -0.2) is 51.3 Å². The van der Waals surface area contributed by atoms with Crippen LogP contribution in [0.5, 0.6) is 0 Å². The van der Waals surface area contributed by atoms with Crippen LogP contribution < -0.4 is 5.32 Å². The summed E-state index contributed by atoms with van der Waals surface area (Å²) in [6.45, 7) is 7.12. The molecule has 1 aliphatic rings. The van der Waals surface area contributed by atoms with Crippen molar-refractivity contribution < 1.29 is 13.2 Å². The van der Waals surface area contributed by atoms with Crippen molar-refractivity contribution >= 4 is 15.9 Å². The molecule has 1 amide bonds. The van der Waals surface area contributed by atoms with E-state index in [1.54, 1.807) is 22.5 Å². The number of rotatable bonds is 6. The number of nitrogens with zero attached hydrogens (tertiary/aromatic N) is 5. The highest BCUT2D eigenvalue weighted by molar-refractivity contribution is 7.89. The highest BCUT2D eigenvalue weighted by atomic mass is 32.2. The average Bonchev–Trinajstić information content (AvgIpc) is 3.21. The Bertz CT molecular complexity index is 962. The minimum atomic E-state index is -3.66. The van der Waals surface area contributed by atoms with Crippen molar-refractivity contribution in [3.05, 3.63) is 29.3 Å². The third-order valence-corrected chi connectivity index (χ3v) is 7.13. The molecule has 28 heavy (non-hydrogen) atoms. The normalized spacial score (nSPS) is 18.4. The molecule has 1 saturated heterocycles. The summed E-state index contributed by atoms with van der Waals surface area (Å²) < 4.78 is 30.9. The van der Waals surface area contributed by atoms with E-state index in [4.69, 9.17) is 0 Å². The van der Waals surface area contributed by atoms with Gasteiger partial charge in [-0.15, -0.1) is 0 Å². The number of amides is 1. The van der Waals surface area contributed by atoms with Crippen LogP contribution in [0.3, 0.4) is 0 Å². The third kappa shape index (κ3) is 4.12. The Hall–Kier alpha value is -2.20. The van der Waals surface area contributed by atoms with Crippen molar-refractivity contribution in [2.45, 2.75) is 51.6 Å². The van der Waals surface area contributed by atoms with Gasteiger partial charge in [0.2, 0.25) is 15.9 Å². The van der Waals surface area contributed by atoms with Crippen molar-refractivity contribution in [1.29, 1.82) is 0 Å². The van der Waals surface area contributed by atoms with Gasteiger partial charge < -0.3 is 5.32 Å². The first-order chi connectivity index (χ1) is 13.2. The maximum Gasteiger partial charge on any atom is 0.246 e. The molecule has 3 heterocycles. The number of hydrogen-bond donors (Lipinski definition) is 1. The summed E-state index contributed by atoms with van der Waals surface area (Å²) in [5, 5.41) is 11.4. The highest BCUT2D eigenvalue weighted by Crippen LogP contribution is 2.25. The van der Waals surface area contributed by atoms with Crippen LogP contribution in [0.15, 0.2) is 17.3 Å². The predicted molar refractivity (Wildman–Crippen MR) is 104 cm³/mol. The van der Waals surface area contributed by atoms with Gasteiger partial charge in [0.1, 0.15) is 4.90 Å². The van der Waals surface area contributed by atoms with Gasteiger partial charge in [-0.1, -0.05) is 0 Å². The molecule has 9 nitrogen and oxygen atoms in total. The highest BCUT2D eigenvalue weighted by Gasteiger charge is 2.35. The zero-order valence-corrected chi connectivity index (χ0v) is 17.7. The number of piperidine rings is 1. The van der Waals surface area contributed by atoms with Gasteiger partial charge in [-0.2, -0.15) is 14.5 Å². The summed E-state index contributed by atoms with van der Waals surface area (Å²) in [7, 11) is -1.82. The number of aromatic nitrogens is 4. The fourth-order valence-electron chi connectivity index (χ4n) is 3.58. The summed E-state index contributed by atoms with van der Waals surface area (Å²) in [5.41, 5.74) is 2.32. The molecule has 154 valence electrons. The zero-order valence-electron chi connectivity index (χ0n) is 16.8. The van der Waals surface area contributed by atoms with Crippen LogP contribution in [0, 0.1) is 19.8 Å². The van der Waals surface area contributed by atoms with Crippen molar-refractivity contribution in [3.8, 4) is 0 Å². The second-order valence-electron chi connectivity index (χ2n) is 7.27. The van der Waals surface area contributed by atoms with E-state index < -0.39 is 10.0 Å². The van der Waals surface area contributed by atoms with Crippen LogP contribution in [0.4, 0.5) is 0 Å². The maximum atomic E-state index is 13.1. The van der Waals surface area contributed by atoms with Gasteiger partial charge in [-0.3, -0.25) is 14.2 Å².